The van der Waals surface area contributed by atoms with Crippen molar-refractivity contribution in [1.29, 1.82) is 0 Å². The molecular weight excluding hydrogens is 386 g/mol. The molecule has 164 valence electrons. The molecule has 2 heterocycles. The SMILES string of the molecule is CC(C)CCC[C@H](C)NC(=O)CN1C(=O)N[C@](C)(Cc2ccc3c(c2)OCO3)C1=O. The largest absolute Gasteiger partial charge is 0.454 e. The molecule has 8 heteroatoms. The molecule has 0 bridgehead atoms. The van der Waals surface area contributed by atoms with Crippen LogP contribution in [-0.2, 0) is 16.0 Å². The number of imide groups is 1. The highest BCUT2D eigenvalue weighted by atomic mass is 16.7. The first-order chi connectivity index (χ1) is 14.2. The van der Waals surface area contributed by atoms with E-state index >= 15 is 0 Å². The number of rotatable bonds is 9. The predicted octanol–water partition coefficient (Wildman–Crippen LogP) is 2.60. The zero-order valence-electron chi connectivity index (χ0n) is 18.1. The van der Waals surface area contributed by atoms with Crippen molar-refractivity contribution >= 4 is 17.8 Å². The average molecular weight is 418 g/mol. The number of carbonyl (C=O) groups excluding carboxylic acids is 3. The maximum atomic E-state index is 13.0. The van der Waals surface area contributed by atoms with Crippen molar-refractivity contribution in [3.63, 3.8) is 0 Å². The van der Waals surface area contributed by atoms with Gasteiger partial charge >= 0.3 is 6.03 Å². The molecule has 0 radical (unpaired) electrons. The minimum atomic E-state index is -1.12. The summed E-state index contributed by atoms with van der Waals surface area (Å²) in [6.07, 6.45) is 3.28. The minimum Gasteiger partial charge on any atom is -0.454 e. The zero-order valence-corrected chi connectivity index (χ0v) is 18.1. The van der Waals surface area contributed by atoms with E-state index < -0.39 is 17.5 Å². The van der Waals surface area contributed by atoms with Crippen LogP contribution in [0.15, 0.2) is 18.2 Å². The van der Waals surface area contributed by atoms with E-state index in [2.05, 4.69) is 24.5 Å². The average Bonchev–Trinajstić information content (AvgIpc) is 3.19. The molecule has 1 aromatic rings. The lowest BCUT2D eigenvalue weighted by Crippen LogP contribution is -2.47. The van der Waals surface area contributed by atoms with Crippen molar-refractivity contribution in [3.05, 3.63) is 23.8 Å². The number of hydrogen-bond donors (Lipinski definition) is 2. The van der Waals surface area contributed by atoms with Crippen LogP contribution in [-0.4, -0.2) is 47.7 Å². The molecule has 0 spiro atoms. The second kappa shape index (κ2) is 8.93. The smallest absolute Gasteiger partial charge is 0.325 e. The van der Waals surface area contributed by atoms with Crippen LogP contribution in [0.4, 0.5) is 4.79 Å². The van der Waals surface area contributed by atoms with Gasteiger partial charge in [-0.3, -0.25) is 14.5 Å². The number of urea groups is 1. The van der Waals surface area contributed by atoms with E-state index in [0.29, 0.717) is 17.4 Å². The first kappa shape index (κ1) is 21.9. The molecule has 0 aromatic heterocycles. The number of nitrogens with one attached hydrogen (secondary N) is 2. The van der Waals surface area contributed by atoms with Crippen LogP contribution >= 0.6 is 0 Å². The first-order valence-corrected chi connectivity index (χ1v) is 10.5. The topological polar surface area (TPSA) is 97.0 Å². The van der Waals surface area contributed by atoms with E-state index in [1.807, 2.05) is 13.0 Å². The predicted molar refractivity (Wildman–Crippen MR) is 111 cm³/mol. The number of carbonyl (C=O) groups is 3. The third-order valence-corrected chi connectivity index (χ3v) is 5.47. The van der Waals surface area contributed by atoms with E-state index in [4.69, 9.17) is 9.47 Å². The molecule has 0 saturated carbocycles. The highest BCUT2D eigenvalue weighted by molar-refractivity contribution is 6.08. The second-order valence-electron chi connectivity index (χ2n) is 8.81. The first-order valence-electron chi connectivity index (χ1n) is 10.5. The van der Waals surface area contributed by atoms with Gasteiger partial charge in [0, 0.05) is 12.5 Å². The Morgan fingerprint density at radius 1 is 1.20 bits per heavy atom. The summed E-state index contributed by atoms with van der Waals surface area (Å²) >= 11 is 0. The van der Waals surface area contributed by atoms with Crippen LogP contribution in [0.2, 0.25) is 0 Å². The van der Waals surface area contributed by atoms with E-state index in [-0.39, 0.29) is 31.7 Å². The molecule has 8 nitrogen and oxygen atoms in total. The van der Waals surface area contributed by atoms with Crippen molar-refractivity contribution in [2.24, 2.45) is 5.92 Å². The Bertz CT molecular complexity index is 825. The lowest BCUT2D eigenvalue weighted by Gasteiger charge is -2.22. The number of benzene rings is 1. The quantitative estimate of drug-likeness (QED) is 0.602. The summed E-state index contributed by atoms with van der Waals surface area (Å²) in [4.78, 5) is 38.7. The molecule has 2 atom stereocenters. The normalized spacial score (nSPS) is 21.2. The lowest BCUT2D eigenvalue weighted by molar-refractivity contribution is -0.134. The maximum absolute atomic E-state index is 13.0. The maximum Gasteiger partial charge on any atom is 0.325 e. The van der Waals surface area contributed by atoms with Crippen LogP contribution in [0.5, 0.6) is 11.5 Å². The van der Waals surface area contributed by atoms with Gasteiger partial charge in [0.2, 0.25) is 12.7 Å². The van der Waals surface area contributed by atoms with Crippen molar-refractivity contribution < 1.29 is 23.9 Å². The van der Waals surface area contributed by atoms with Crippen LogP contribution in [0.3, 0.4) is 0 Å². The van der Waals surface area contributed by atoms with Crippen molar-refractivity contribution in [3.8, 4) is 11.5 Å². The molecule has 3 rings (SSSR count). The van der Waals surface area contributed by atoms with Crippen molar-refractivity contribution in [1.82, 2.24) is 15.5 Å². The Morgan fingerprint density at radius 3 is 2.67 bits per heavy atom. The minimum absolute atomic E-state index is 0.00275. The number of amides is 4. The molecule has 1 fully saturated rings. The van der Waals surface area contributed by atoms with Crippen LogP contribution in [0.1, 0.15) is 52.5 Å². The number of ether oxygens (including phenoxy) is 2. The molecule has 0 aliphatic carbocycles. The number of hydrogen-bond acceptors (Lipinski definition) is 5. The van der Waals surface area contributed by atoms with Gasteiger partial charge in [-0.1, -0.05) is 32.8 Å². The van der Waals surface area contributed by atoms with Gasteiger partial charge in [-0.25, -0.2) is 4.79 Å². The molecule has 30 heavy (non-hydrogen) atoms. The Balaban J connectivity index is 1.56. The molecule has 2 aliphatic rings. The Kier molecular flexibility index (Phi) is 6.53. The summed E-state index contributed by atoms with van der Waals surface area (Å²) in [6, 6.07) is 4.88. The van der Waals surface area contributed by atoms with E-state index in [0.717, 1.165) is 29.7 Å². The van der Waals surface area contributed by atoms with Crippen LogP contribution in [0.25, 0.3) is 0 Å². The fourth-order valence-electron chi connectivity index (χ4n) is 3.84. The molecule has 0 unspecified atom stereocenters. The Morgan fingerprint density at radius 2 is 1.93 bits per heavy atom. The molecular formula is C22H31N3O5. The van der Waals surface area contributed by atoms with Gasteiger partial charge < -0.3 is 20.1 Å². The number of fused-ring (bicyclic) bond motifs is 1. The Labute approximate surface area is 177 Å². The third-order valence-electron chi connectivity index (χ3n) is 5.47. The van der Waals surface area contributed by atoms with Gasteiger partial charge in [0.1, 0.15) is 12.1 Å². The highest BCUT2D eigenvalue weighted by Gasteiger charge is 2.48. The Hall–Kier alpha value is -2.77. The fourth-order valence-corrected chi connectivity index (χ4v) is 3.84. The van der Waals surface area contributed by atoms with Gasteiger partial charge in [0.25, 0.3) is 5.91 Å². The van der Waals surface area contributed by atoms with E-state index in [9.17, 15) is 14.4 Å². The lowest BCUT2D eigenvalue weighted by atomic mass is 9.92. The third kappa shape index (κ3) is 5.04. The van der Waals surface area contributed by atoms with Gasteiger partial charge in [-0.2, -0.15) is 0 Å². The highest BCUT2D eigenvalue weighted by Crippen LogP contribution is 2.34. The second-order valence-corrected chi connectivity index (χ2v) is 8.81. The summed E-state index contributed by atoms with van der Waals surface area (Å²) in [5.74, 6) is 1.17. The molecule has 2 N–H and O–H groups in total. The van der Waals surface area contributed by atoms with Gasteiger partial charge in [0.05, 0.1) is 0 Å². The van der Waals surface area contributed by atoms with Gasteiger partial charge in [-0.05, 0) is 43.9 Å². The fraction of sp³-hybridized carbons (Fsp3) is 0.591. The van der Waals surface area contributed by atoms with Crippen LogP contribution < -0.4 is 20.1 Å². The zero-order chi connectivity index (χ0) is 21.9. The summed E-state index contributed by atoms with van der Waals surface area (Å²) in [7, 11) is 0. The summed E-state index contributed by atoms with van der Waals surface area (Å²) in [6.45, 7) is 7.83. The molecule has 4 amide bonds. The number of nitrogens with zero attached hydrogens (tertiary/aromatic N) is 1. The van der Waals surface area contributed by atoms with E-state index in [1.165, 1.54) is 0 Å². The summed E-state index contributed by atoms with van der Waals surface area (Å²) in [5, 5.41) is 5.62. The van der Waals surface area contributed by atoms with Crippen molar-refractivity contribution in [2.75, 3.05) is 13.3 Å². The van der Waals surface area contributed by atoms with Gasteiger partial charge in [0.15, 0.2) is 11.5 Å². The summed E-state index contributed by atoms with van der Waals surface area (Å²) in [5.41, 5.74) is -0.283. The summed E-state index contributed by atoms with van der Waals surface area (Å²) < 4.78 is 10.7. The standard InChI is InChI=1S/C22H31N3O5/c1-14(2)6-5-7-15(3)23-19(26)12-25-20(27)22(4,24-21(25)28)11-16-8-9-17-18(10-16)30-13-29-17/h8-10,14-15H,5-7,11-13H2,1-4H3,(H,23,26)(H,24,28)/t15-,22+/m0/s1. The van der Waals surface area contributed by atoms with Crippen LogP contribution in [0, 0.1) is 5.92 Å². The molecule has 1 saturated heterocycles. The molecule has 1 aromatic carbocycles. The van der Waals surface area contributed by atoms with E-state index in [1.54, 1.807) is 19.1 Å². The molecule has 2 aliphatic heterocycles. The van der Waals surface area contributed by atoms with Gasteiger partial charge in [-0.15, -0.1) is 0 Å². The van der Waals surface area contributed by atoms with Crippen molar-refractivity contribution in [2.45, 2.75) is 65.0 Å². The monoisotopic (exact) mass is 417 g/mol.